The zero-order valence-corrected chi connectivity index (χ0v) is 16.7. The second kappa shape index (κ2) is 11.1. The summed E-state index contributed by atoms with van der Waals surface area (Å²) >= 11 is 3.55. The van der Waals surface area contributed by atoms with Crippen LogP contribution in [-0.2, 0) is 4.79 Å². The molecule has 2 unspecified atom stereocenters. The number of carbonyl (C=O) groups excluding carboxylic acids is 1. The number of hydrogen-bond acceptors (Lipinski definition) is 3. The number of nitrogens with one attached hydrogen (secondary N) is 1. The maximum Gasteiger partial charge on any atom is 0.221 e. The van der Waals surface area contributed by atoms with E-state index >= 15 is 0 Å². The summed E-state index contributed by atoms with van der Waals surface area (Å²) in [6, 6.07) is 8.99. The minimum absolute atomic E-state index is 0. The molecule has 1 saturated heterocycles. The number of halogens is 2. The molecule has 1 aliphatic heterocycles. The van der Waals surface area contributed by atoms with Gasteiger partial charge in [0.1, 0.15) is 0 Å². The molecule has 2 rings (SSSR count). The van der Waals surface area contributed by atoms with E-state index in [1.165, 1.54) is 18.4 Å². The van der Waals surface area contributed by atoms with Gasteiger partial charge < -0.3 is 11.1 Å². The van der Waals surface area contributed by atoms with Gasteiger partial charge in [-0.25, -0.2) is 0 Å². The van der Waals surface area contributed by atoms with Crippen LogP contribution in [0, 0.1) is 0 Å². The van der Waals surface area contributed by atoms with E-state index in [4.69, 9.17) is 5.73 Å². The molecule has 0 spiro atoms. The molecule has 0 saturated carbocycles. The molecule has 24 heavy (non-hydrogen) atoms. The molecule has 2 atom stereocenters. The number of rotatable bonds is 7. The van der Waals surface area contributed by atoms with Crippen LogP contribution in [0.5, 0.6) is 0 Å². The molecule has 1 aromatic rings. The number of piperidine rings is 1. The van der Waals surface area contributed by atoms with E-state index < -0.39 is 0 Å². The van der Waals surface area contributed by atoms with Crippen LogP contribution in [0.15, 0.2) is 28.7 Å². The van der Waals surface area contributed by atoms with Crippen molar-refractivity contribution in [3.05, 3.63) is 34.3 Å². The van der Waals surface area contributed by atoms with E-state index in [0.29, 0.717) is 24.9 Å². The van der Waals surface area contributed by atoms with Gasteiger partial charge in [-0.05, 0) is 43.0 Å². The lowest BCUT2D eigenvalue weighted by Gasteiger charge is -2.37. The second-order valence-corrected chi connectivity index (χ2v) is 7.36. The van der Waals surface area contributed by atoms with E-state index in [1.54, 1.807) is 0 Å². The fourth-order valence-corrected chi connectivity index (χ4v) is 3.67. The zero-order chi connectivity index (χ0) is 16.7. The Morgan fingerprint density at radius 3 is 2.96 bits per heavy atom. The number of amides is 1. The lowest BCUT2D eigenvalue weighted by molar-refractivity contribution is -0.121. The SMILES string of the molecule is CC(CN1CCCCC1CNC(=O)CCN)c1cccc(Br)c1.Cl. The van der Waals surface area contributed by atoms with Gasteiger partial charge in [0.15, 0.2) is 0 Å². The van der Waals surface area contributed by atoms with Crippen LogP contribution in [-0.4, -0.2) is 43.0 Å². The standard InChI is InChI=1S/C18H28BrN3O.ClH/c1-14(15-5-4-6-16(19)11-15)13-22-10-3-2-7-17(22)12-21-18(23)8-9-20;/h4-6,11,14,17H,2-3,7-10,12-13,20H2,1H3,(H,21,23);1H. The number of hydrogen-bond donors (Lipinski definition) is 2. The summed E-state index contributed by atoms with van der Waals surface area (Å²) in [5.41, 5.74) is 6.79. The normalized spacial score (nSPS) is 19.4. The largest absolute Gasteiger partial charge is 0.354 e. The van der Waals surface area contributed by atoms with E-state index in [1.807, 2.05) is 0 Å². The summed E-state index contributed by atoms with van der Waals surface area (Å²) in [6.07, 6.45) is 4.08. The molecule has 0 aromatic heterocycles. The monoisotopic (exact) mass is 417 g/mol. The quantitative estimate of drug-likeness (QED) is 0.714. The zero-order valence-electron chi connectivity index (χ0n) is 14.3. The second-order valence-electron chi connectivity index (χ2n) is 6.44. The molecule has 4 nitrogen and oxygen atoms in total. The highest BCUT2D eigenvalue weighted by molar-refractivity contribution is 9.10. The van der Waals surface area contributed by atoms with Crippen LogP contribution in [0.4, 0.5) is 0 Å². The number of nitrogens with two attached hydrogens (primary N) is 1. The summed E-state index contributed by atoms with van der Waals surface area (Å²) in [7, 11) is 0. The van der Waals surface area contributed by atoms with Crippen LogP contribution in [0.1, 0.15) is 44.1 Å². The summed E-state index contributed by atoms with van der Waals surface area (Å²) in [5.74, 6) is 0.547. The van der Waals surface area contributed by atoms with E-state index in [9.17, 15) is 4.79 Å². The third-order valence-electron chi connectivity index (χ3n) is 4.58. The van der Waals surface area contributed by atoms with Crippen LogP contribution in [0.2, 0.25) is 0 Å². The third-order valence-corrected chi connectivity index (χ3v) is 5.07. The molecule has 1 aromatic carbocycles. The molecule has 0 aliphatic carbocycles. The topological polar surface area (TPSA) is 58.4 Å². The van der Waals surface area contributed by atoms with Gasteiger partial charge in [0.05, 0.1) is 0 Å². The number of likely N-dealkylation sites (tertiary alicyclic amines) is 1. The van der Waals surface area contributed by atoms with Crippen molar-refractivity contribution in [3.8, 4) is 0 Å². The lowest BCUT2D eigenvalue weighted by Crippen LogP contribution is -2.48. The number of carbonyl (C=O) groups is 1. The Kier molecular flexibility index (Phi) is 9.89. The minimum atomic E-state index is 0. The van der Waals surface area contributed by atoms with Gasteiger partial charge in [-0.2, -0.15) is 0 Å². The molecule has 0 bridgehead atoms. The van der Waals surface area contributed by atoms with Gasteiger partial charge in [0.2, 0.25) is 5.91 Å². The van der Waals surface area contributed by atoms with Gasteiger partial charge in [0.25, 0.3) is 0 Å². The Bertz CT molecular complexity index is 515. The van der Waals surface area contributed by atoms with Crippen LogP contribution in [0.3, 0.4) is 0 Å². The molecule has 6 heteroatoms. The van der Waals surface area contributed by atoms with Gasteiger partial charge in [0, 0.05) is 36.6 Å². The molecule has 1 amide bonds. The number of benzene rings is 1. The van der Waals surface area contributed by atoms with Crippen LogP contribution >= 0.6 is 28.3 Å². The Morgan fingerprint density at radius 2 is 2.25 bits per heavy atom. The maximum absolute atomic E-state index is 11.7. The Morgan fingerprint density at radius 1 is 1.46 bits per heavy atom. The van der Waals surface area contributed by atoms with Crippen LogP contribution in [0.25, 0.3) is 0 Å². The maximum atomic E-state index is 11.7. The molecule has 1 fully saturated rings. The summed E-state index contributed by atoms with van der Waals surface area (Å²) in [4.78, 5) is 14.2. The lowest BCUT2D eigenvalue weighted by atomic mass is 9.96. The van der Waals surface area contributed by atoms with Gasteiger partial charge in [-0.15, -0.1) is 12.4 Å². The average molecular weight is 419 g/mol. The van der Waals surface area contributed by atoms with Crippen molar-refractivity contribution in [2.45, 2.75) is 44.6 Å². The van der Waals surface area contributed by atoms with Crippen molar-refractivity contribution in [1.29, 1.82) is 0 Å². The third kappa shape index (κ3) is 6.71. The summed E-state index contributed by atoms with van der Waals surface area (Å²) in [5, 5.41) is 3.04. The molecule has 1 heterocycles. The molecule has 136 valence electrons. The first-order valence-corrected chi connectivity index (χ1v) is 9.35. The van der Waals surface area contributed by atoms with E-state index in [2.05, 4.69) is 57.3 Å². The molecule has 1 aliphatic rings. The summed E-state index contributed by atoms with van der Waals surface area (Å²) < 4.78 is 1.13. The minimum Gasteiger partial charge on any atom is -0.354 e. The Hall–Kier alpha value is -0.620. The fourth-order valence-electron chi connectivity index (χ4n) is 3.25. The van der Waals surface area contributed by atoms with Crippen molar-refractivity contribution >= 4 is 34.2 Å². The van der Waals surface area contributed by atoms with Gasteiger partial charge in [-0.3, -0.25) is 9.69 Å². The van der Waals surface area contributed by atoms with Gasteiger partial charge in [-0.1, -0.05) is 41.4 Å². The Balaban J connectivity index is 0.00000288. The van der Waals surface area contributed by atoms with Crippen LogP contribution < -0.4 is 11.1 Å². The highest BCUT2D eigenvalue weighted by atomic mass is 79.9. The van der Waals surface area contributed by atoms with Crippen molar-refractivity contribution in [3.63, 3.8) is 0 Å². The predicted octanol–water partition coefficient (Wildman–Crippen LogP) is 3.29. The summed E-state index contributed by atoms with van der Waals surface area (Å²) in [6.45, 7) is 5.59. The fraction of sp³-hybridized carbons (Fsp3) is 0.611. The first kappa shape index (κ1) is 21.4. The first-order chi connectivity index (χ1) is 11.1. The van der Waals surface area contributed by atoms with Crippen molar-refractivity contribution in [2.24, 2.45) is 5.73 Å². The molecular formula is C18H29BrClN3O. The highest BCUT2D eigenvalue weighted by Crippen LogP contribution is 2.24. The van der Waals surface area contributed by atoms with E-state index in [0.717, 1.165) is 30.5 Å². The van der Waals surface area contributed by atoms with Crippen molar-refractivity contribution < 1.29 is 4.79 Å². The highest BCUT2D eigenvalue weighted by Gasteiger charge is 2.24. The average Bonchev–Trinajstić information content (AvgIpc) is 2.54. The predicted molar refractivity (Wildman–Crippen MR) is 106 cm³/mol. The molecule has 3 N–H and O–H groups in total. The Labute approximate surface area is 160 Å². The molecular weight excluding hydrogens is 390 g/mol. The van der Waals surface area contributed by atoms with Crippen molar-refractivity contribution in [1.82, 2.24) is 10.2 Å². The van der Waals surface area contributed by atoms with E-state index in [-0.39, 0.29) is 18.3 Å². The first-order valence-electron chi connectivity index (χ1n) is 8.56. The van der Waals surface area contributed by atoms with Gasteiger partial charge >= 0.3 is 0 Å². The molecule has 0 radical (unpaired) electrons. The van der Waals surface area contributed by atoms with Crippen molar-refractivity contribution in [2.75, 3.05) is 26.2 Å². The number of nitrogens with zero attached hydrogens (tertiary/aromatic N) is 1. The smallest absolute Gasteiger partial charge is 0.221 e.